The molecule has 0 aromatic rings. The highest BCUT2D eigenvalue weighted by atomic mass is 127. The van der Waals surface area contributed by atoms with E-state index >= 15 is 0 Å². The molecular weight excluding hydrogens is 646 g/mol. The molecule has 6 nitrogen and oxygen atoms in total. The number of ether oxygens (including phenoxy) is 2. The predicted octanol–water partition coefficient (Wildman–Crippen LogP) is -3.48. The third-order valence-corrected chi connectivity index (χ3v) is 6.34. The van der Waals surface area contributed by atoms with E-state index in [0.29, 0.717) is 6.42 Å². The Bertz CT molecular complexity index is 649. The van der Waals surface area contributed by atoms with Gasteiger partial charge < -0.3 is 66.4 Å². The van der Waals surface area contributed by atoms with Crippen LogP contribution in [0.5, 0.6) is 0 Å². The number of carbonyl (C=O) groups is 2. The topological polar surface area (TPSA) is 52.6 Å². The second-order valence-electron chi connectivity index (χ2n) is 9.45. The molecule has 0 aromatic carbocycles. The van der Waals surface area contributed by atoms with E-state index in [1.54, 1.807) is 0 Å². The zero-order valence-corrected chi connectivity index (χ0v) is 24.6. The molecule has 2 rings (SSSR count). The van der Waals surface area contributed by atoms with Gasteiger partial charge in [-0.05, 0) is 56.8 Å². The van der Waals surface area contributed by atoms with Gasteiger partial charge in [0, 0.05) is 12.8 Å². The lowest BCUT2D eigenvalue weighted by Gasteiger charge is -2.35. The van der Waals surface area contributed by atoms with Crippen LogP contribution in [0.2, 0.25) is 0 Å². The Labute approximate surface area is 234 Å². The maximum Gasteiger partial charge on any atom is 0.306 e. The Morgan fingerprint density at radius 1 is 0.636 bits per heavy atom. The highest BCUT2D eigenvalue weighted by Gasteiger charge is 2.23. The lowest BCUT2D eigenvalue weighted by Crippen LogP contribution is -3.00. The summed E-state index contributed by atoms with van der Waals surface area (Å²) in [4.78, 5) is 23.5. The van der Waals surface area contributed by atoms with Crippen LogP contribution in [0.25, 0.3) is 0 Å². The van der Waals surface area contributed by atoms with Crippen LogP contribution < -0.4 is 48.0 Å². The fourth-order valence-electron chi connectivity index (χ4n) is 4.22. The summed E-state index contributed by atoms with van der Waals surface area (Å²) in [6.07, 6.45) is 8.52. The van der Waals surface area contributed by atoms with Gasteiger partial charge in [0.2, 0.25) is 0 Å². The highest BCUT2D eigenvalue weighted by molar-refractivity contribution is 5.72. The molecule has 0 aliphatic carbocycles. The fraction of sp³-hybridized carbons (Fsp3) is 0.760. The minimum absolute atomic E-state index is 0. The van der Waals surface area contributed by atoms with Crippen LogP contribution in [0.15, 0.2) is 0 Å². The molecule has 8 heteroatoms. The first-order chi connectivity index (χ1) is 14.9. The van der Waals surface area contributed by atoms with Crippen LogP contribution in [0.3, 0.4) is 0 Å². The van der Waals surface area contributed by atoms with Crippen LogP contribution in [-0.4, -0.2) is 87.5 Å². The van der Waals surface area contributed by atoms with Gasteiger partial charge in [0.25, 0.3) is 0 Å². The molecule has 2 fully saturated rings. The average molecular weight is 686 g/mol. The van der Waals surface area contributed by atoms with Crippen LogP contribution in [0.4, 0.5) is 0 Å². The fourth-order valence-corrected chi connectivity index (χ4v) is 4.22. The van der Waals surface area contributed by atoms with E-state index in [0.717, 1.165) is 22.1 Å². The maximum atomic E-state index is 11.8. The Kier molecular flexibility index (Phi) is 17.5. The van der Waals surface area contributed by atoms with Gasteiger partial charge in [0.1, 0.15) is 13.1 Å². The normalized spacial score (nSPS) is 18.0. The van der Waals surface area contributed by atoms with Crippen molar-refractivity contribution in [1.82, 2.24) is 0 Å². The van der Waals surface area contributed by atoms with Gasteiger partial charge >= 0.3 is 11.9 Å². The van der Waals surface area contributed by atoms with E-state index in [2.05, 4.69) is 37.8 Å². The first-order valence-electron chi connectivity index (χ1n) is 11.8. The van der Waals surface area contributed by atoms with E-state index in [-0.39, 0.29) is 85.9 Å². The lowest BCUT2D eigenvalue weighted by atomic mass is 10.1. The van der Waals surface area contributed by atoms with Gasteiger partial charge in [0.15, 0.2) is 13.2 Å². The molecule has 33 heavy (non-hydrogen) atoms. The molecule has 0 radical (unpaired) electrons. The Morgan fingerprint density at radius 2 is 1.00 bits per heavy atom. The zero-order chi connectivity index (χ0) is 22.4. The summed E-state index contributed by atoms with van der Waals surface area (Å²) < 4.78 is 12.2. The number of carbonyl (C=O) groups excluding carboxylic acids is 2. The molecule has 0 spiro atoms. The molecule has 0 bridgehead atoms. The lowest BCUT2D eigenvalue weighted by molar-refractivity contribution is -0.907. The summed E-state index contributed by atoms with van der Waals surface area (Å²) in [6.45, 7) is 6.56. The molecule has 2 saturated heterocycles. The van der Waals surface area contributed by atoms with Gasteiger partial charge in [-0.3, -0.25) is 9.59 Å². The van der Waals surface area contributed by atoms with E-state index in [1.165, 1.54) is 64.7 Å². The summed E-state index contributed by atoms with van der Waals surface area (Å²) in [5, 5.41) is 0. The van der Waals surface area contributed by atoms with Gasteiger partial charge in [-0.2, -0.15) is 0 Å². The zero-order valence-electron chi connectivity index (χ0n) is 20.3. The molecule has 2 heterocycles. The van der Waals surface area contributed by atoms with E-state index in [1.807, 2.05) is 0 Å². The average Bonchev–Trinajstić information content (AvgIpc) is 2.74. The SMILES string of the molecule is C[N+]1(CC#CCOC(=O)CCCC(=O)OCC#CC[N+]2(C)CCCCC2)CCCCC1.[I-].[I-]. The van der Waals surface area contributed by atoms with Crippen molar-refractivity contribution in [2.45, 2.75) is 57.8 Å². The number of esters is 2. The summed E-state index contributed by atoms with van der Waals surface area (Å²) >= 11 is 0. The molecular formula is C25H40I2N2O4. The quantitative estimate of drug-likeness (QED) is 0.115. The molecule has 0 unspecified atom stereocenters. The largest absolute Gasteiger partial charge is 1.00 e. The molecule has 2 aliphatic heterocycles. The second kappa shape index (κ2) is 17.8. The first-order valence-corrected chi connectivity index (χ1v) is 11.8. The van der Waals surface area contributed by atoms with Crippen LogP contribution in [0.1, 0.15) is 57.8 Å². The third-order valence-electron chi connectivity index (χ3n) is 6.34. The summed E-state index contributed by atoms with van der Waals surface area (Å²) in [7, 11) is 4.47. The summed E-state index contributed by atoms with van der Waals surface area (Å²) in [5.74, 6) is 11.5. The number of piperidine rings is 2. The number of hydrogen-bond acceptors (Lipinski definition) is 4. The molecule has 0 amide bonds. The van der Waals surface area contributed by atoms with E-state index < -0.39 is 0 Å². The van der Waals surface area contributed by atoms with Gasteiger partial charge in [0.05, 0.1) is 40.3 Å². The van der Waals surface area contributed by atoms with Crippen molar-refractivity contribution in [1.29, 1.82) is 0 Å². The number of quaternary nitrogens is 2. The standard InChI is InChI=1S/C25H40N2O4.2HI/c1-26(16-5-3-6-17-26)20-9-11-22-30-24(28)14-13-15-25(29)31-23-12-10-21-27(2)18-7-4-8-19-27;;/h3-8,13-23H2,1-2H3;2*1H/q+2;;/p-2. The molecule has 0 saturated carbocycles. The number of nitrogens with zero attached hydrogens (tertiary/aromatic N) is 2. The monoisotopic (exact) mass is 686 g/mol. The molecule has 0 atom stereocenters. The molecule has 0 N–H and O–H groups in total. The van der Waals surface area contributed by atoms with Gasteiger partial charge in [-0.15, -0.1) is 0 Å². The van der Waals surface area contributed by atoms with Crippen molar-refractivity contribution in [3.63, 3.8) is 0 Å². The van der Waals surface area contributed by atoms with Crippen LogP contribution >= 0.6 is 0 Å². The van der Waals surface area contributed by atoms with Gasteiger partial charge in [-0.25, -0.2) is 0 Å². The predicted molar refractivity (Wildman–Crippen MR) is 121 cm³/mol. The van der Waals surface area contributed by atoms with Crippen molar-refractivity contribution in [2.75, 3.05) is 66.6 Å². The van der Waals surface area contributed by atoms with Crippen LogP contribution in [-0.2, 0) is 19.1 Å². The van der Waals surface area contributed by atoms with Crippen molar-refractivity contribution in [3.05, 3.63) is 0 Å². The summed E-state index contributed by atoms with van der Waals surface area (Å²) in [5.41, 5.74) is 0. The Morgan fingerprint density at radius 3 is 1.36 bits per heavy atom. The number of hydrogen-bond donors (Lipinski definition) is 0. The first kappa shape index (κ1) is 32.4. The molecule has 2 aliphatic rings. The third kappa shape index (κ3) is 14.4. The van der Waals surface area contributed by atoms with Crippen molar-refractivity contribution in [3.8, 4) is 23.7 Å². The minimum atomic E-state index is -0.321. The van der Waals surface area contributed by atoms with E-state index in [4.69, 9.17) is 9.47 Å². The van der Waals surface area contributed by atoms with Crippen molar-refractivity contribution < 1.29 is 76.0 Å². The smallest absolute Gasteiger partial charge is 0.306 e. The number of halogens is 2. The minimum Gasteiger partial charge on any atom is -1.00 e. The Hall–Kier alpha value is -0.560. The maximum absolute atomic E-state index is 11.8. The van der Waals surface area contributed by atoms with Crippen molar-refractivity contribution >= 4 is 11.9 Å². The highest BCUT2D eigenvalue weighted by Crippen LogP contribution is 2.15. The number of likely N-dealkylation sites (tertiary alicyclic amines) is 2. The van der Waals surface area contributed by atoms with Gasteiger partial charge in [-0.1, -0.05) is 11.8 Å². The molecule has 188 valence electrons. The van der Waals surface area contributed by atoms with Crippen molar-refractivity contribution in [2.24, 2.45) is 0 Å². The summed E-state index contributed by atoms with van der Waals surface area (Å²) in [6, 6.07) is 0. The van der Waals surface area contributed by atoms with Crippen LogP contribution in [0, 0.1) is 23.7 Å². The van der Waals surface area contributed by atoms with E-state index in [9.17, 15) is 9.59 Å². The number of rotatable bonds is 8. The second-order valence-corrected chi connectivity index (χ2v) is 9.45. The Balaban J connectivity index is 0.00000512. The molecule has 0 aromatic heterocycles.